The van der Waals surface area contributed by atoms with Gasteiger partial charge in [-0.1, -0.05) is 41.1 Å². The normalized spacial score (nSPS) is 10.7. The molecule has 0 radical (unpaired) electrons. The van der Waals surface area contributed by atoms with Gasteiger partial charge in [0.05, 0.1) is 10.9 Å². The van der Waals surface area contributed by atoms with E-state index in [0.29, 0.717) is 5.88 Å². The number of benzene rings is 2. The highest BCUT2D eigenvalue weighted by atomic mass is 79.9. The van der Waals surface area contributed by atoms with Gasteiger partial charge in [-0.15, -0.1) is 0 Å². The number of carbonyl (C=O) groups is 1. The number of amides is 1. The molecule has 3 rings (SSSR count). The molecule has 0 saturated heterocycles. The SMILES string of the molecule is CCc1cccc(C)c1NC(=O)COc1ncnc2ccc(Br)cc12. The van der Waals surface area contributed by atoms with Crippen molar-refractivity contribution in [2.24, 2.45) is 0 Å². The molecule has 0 bridgehead atoms. The van der Waals surface area contributed by atoms with Crippen LogP contribution >= 0.6 is 15.9 Å². The first-order chi connectivity index (χ1) is 12.1. The van der Waals surface area contributed by atoms with Crippen LogP contribution in [0.1, 0.15) is 18.1 Å². The molecule has 1 heterocycles. The summed E-state index contributed by atoms with van der Waals surface area (Å²) in [7, 11) is 0. The van der Waals surface area contributed by atoms with Crippen LogP contribution in [0.4, 0.5) is 5.69 Å². The monoisotopic (exact) mass is 399 g/mol. The lowest BCUT2D eigenvalue weighted by atomic mass is 10.1. The second-order valence-electron chi connectivity index (χ2n) is 5.64. The lowest BCUT2D eigenvalue weighted by Crippen LogP contribution is -2.21. The summed E-state index contributed by atoms with van der Waals surface area (Å²) in [4.78, 5) is 20.7. The number of rotatable bonds is 5. The van der Waals surface area contributed by atoms with Crippen molar-refractivity contribution in [2.75, 3.05) is 11.9 Å². The van der Waals surface area contributed by atoms with E-state index >= 15 is 0 Å². The van der Waals surface area contributed by atoms with E-state index in [9.17, 15) is 4.79 Å². The van der Waals surface area contributed by atoms with Crippen LogP contribution in [-0.4, -0.2) is 22.5 Å². The standard InChI is InChI=1S/C19H18BrN3O2/c1-3-13-6-4-5-12(2)18(13)23-17(24)10-25-19-15-9-14(20)7-8-16(15)21-11-22-19/h4-9,11H,3,10H2,1-2H3,(H,23,24). The second-order valence-corrected chi connectivity index (χ2v) is 6.56. The molecule has 3 aromatic rings. The zero-order valence-electron chi connectivity index (χ0n) is 14.0. The van der Waals surface area contributed by atoms with Gasteiger partial charge in [0.2, 0.25) is 5.88 Å². The van der Waals surface area contributed by atoms with Crippen LogP contribution in [0.5, 0.6) is 5.88 Å². The molecular formula is C19H18BrN3O2. The van der Waals surface area contributed by atoms with Crippen molar-refractivity contribution in [3.8, 4) is 5.88 Å². The number of nitrogens with zero attached hydrogens (tertiary/aromatic N) is 2. The molecule has 0 spiro atoms. The molecule has 2 aromatic carbocycles. The first-order valence-corrected chi connectivity index (χ1v) is 8.79. The van der Waals surface area contributed by atoms with E-state index < -0.39 is 0 Å². The van der Waals surface area contributed by atoms with Gasteiger partial charge in [0.25, 0.3) is 5.91 Å². The van der Waals surface area contributed by atoms with Crippen LogP contribution in [0.2, 0.25) is 0 Å². The molecule has 1 N–H and O–H groups in total. The third-order valence-electron chi connectivity index (χ3n) is 3.91. The zero-order chi connectivity index (χ0) is 17.8. The number of carbonyl (C=O) groups excluding carboxylic acids is 1. The predicted molar refractivity (Wildman–Crippen MR) is 102 cm³/mol. The summed E-state index contributed by atoms with van der Waals surface area (Å²) >= 11 is 3.42. The number of ether oxygens (including phenoxy) is 1. The molecule has 0 fully saturated rings. The summed E-state index contributed by atoms with van der Waals surface area (Å²) in [5.41, 5.74) is 3.75. The summed E-state index contributed by atoms with van der Waals surface area (Å²) in [6.07, 6.45) is 2.28. The summed E-state index contributed by atoms with van der Waals surface area (Å²) in [6.45, 7) is 3.92. The first-order valence-electron chi connectivity index (χ1n) is 8.00. The highest BCUT2D eigenvalue weighted by molar-refractivity contribution is 9.10. The third-order valence-corrected chi connectivity index (χ3v) is 4.40. The largest absolute Gasteiger partial charge is 0.467 e. The lowest BCUT2D eigenvalue weighted by Gasteiger charge is -2.13. The number of para-hydroxylation sites is 1. The van der Waals surface area contributed by atoms with Gasteiger partial charge in [0.1, 0.15) is 6.33 Å². The molecule has 128 valence electrons. The van der Waals surface area contributed by atoms with Crippen LogP contribution in [0.15, 0.2) is 47.2 Å². The van der Waals surface area contributed by atoms with Gasteiger partial charge < -0.3 is 10.1 Å². The van der Waals surface area contributed by atoms with Gasteiger partial charge in [-0.05, 0) is 42.7 Å². The number of hydrogen-bond acceptors (Lipinski definition) is 4. The maximum absolute atomic E-state index is 12.3. The fourth-order valence-electron chi connectivity index (χ4n) is 2.63. The van der Waals surface area contributed by atoms with E-state index in [0.717, 1.165) is 38.6 Å². The average molecular weight is 400 g/mol. The van der Waals surface area contributed by atoms with E-state index in [1.54, 1.807) is 0 Å². The Labute approximate surface area is 154 Å². The third kappa shape index (κ3) is 3.96. The number of aromatic nitrogens is 2. The minimum atomic E-state index is -0.217. The number of halogens is 1. The maximum atomic E-state index is 12.3. The van der Waals surface area contributed by atoms with Crippen molar-refractivity contribution in [1.82, 2.24) is 9.97 Å². The van der Waals surface area contributed by atoms with Crippen LogP contribution in [0.3, 0.4) is 0 Å². The molecule has 0 aliphatic rings. The van der Waals surface area contributed by atoms with E-state index in [4.69, 9.17) is 4.74 Å². The molecule has 0 saturated carbocycles. The van der Waals surface area contributed by atoms with E-state index in [1.165, 1.54) is 6.33 Å². The highest BCUT2D eigenvalue weighted by Crippen LogP contribution is 2.25. The fraction of sp³-hybridized carbons (Fsp3) is 0.211. The Balaban J connectivity index is 1.74. The Hall–Kier alpha value is -2.47. The average Bonchev–Trinajstić information content (AvgIpc) is 2.61. The molecule has 1 amide bonds. The Kier molecular flexibility index (Phi) is 5.28. The molecule has 0 atom stereocenters. The van der Waals surface area contributed by atoms with Gasteiger partial charge in [-0.2, -0.15) is 0 Å². The van der Waals surface area contributed by atoms with Crippen LogP contribution in [0, 0.1) is 6.92 Å². The molecule has 0 unspecified atom stereocenters. The summed E-state index contributed by atoms with van der Waals surface area (Å²) < 4.78 is 6.54. The molecular weight excluding hydrogens is 382 g/mol. The smallest absolute Gasteiger partial charge is 0.262 e. The van der Waals surface area contributed by atoms with Crippen molar-refractivity contribution >= 4 is 38.4 Å². The number of hydrogen-bond donors (Lipinski definition) is 1. The van der Waals surface area contributed by atoms with Gasteiger partial charge >= 0.3 is 0 Å². The topological polar surface area (TPSA) is 64.1 Å². The van der Waals surface area contributed by atoms with Crippen LogP contribution in [0.25, 0.3) is 10.9 Å². The molecule has 0 aliphatic heterocycles. The summed E-state index contributed by atoms with van der Waals surface area (Å²) in [6, 6.07) is 11.6. The molecule has 0 aliphatic carbocycles. The fourth-order valence-corrected chi connectivity index (χ4v) is 2.99. The second kappa shape index (κ2) is 7.61. The van der Waals surface area contributed by atoms with Gasteiger partial charge in [0, 0.05) is 10.2 Å². The molecule has 25 heavy (non-hydrogen) atoms. The molecule has 6 heteroatoms. The van der Waals surface area contributed by atoms with E-state index in [-0.39, 0.29) is 12.5 Å². The van der Waals surface area contributed by atoms with Gasteiger partial charge in [-0.25, -0.2) is 9.97 Å². The Morgan fingerprint density at radius 2 is 2.08 bits per heavy atom. The summed E-state index contributed by atoms with van der Waals surface area (Å²) in [5.74, 6) is 0.174. The molecule has 5 nitrogen and oxygen atoms in total. The Bertz CT molecular complexity index is 928. The van der Waals surface area contributed by atoms with E-state index in [2.05, 4.69) is 38.1 Å². The molecule has 1 aromatic heterocycles. The van der Waals surface area contributed by atoms with Crippen molar-refractivity contribution in [3.05, 3.63) is 58.3 Å². The first kappa shape index (κ1) is 17.4. The zero-order valence-corrected chi connectivity index (χ0v) is 15.6. The number of anilines is 1. The Morgan fingerprint density at radius 1 is 1.24 bits per heavy atom. The number of fused-ring (bicyclic) bond motifs is 1. The number of aryl methyl sites for hydroxylation is 2. The minimum absolute atomic E-state index is 0.115. The van der Waals surface area contributed by atoms with E-state index in [1.807, 2.05) is 43.3 Å². The van der Waals surface area contributed by atoms with Gasteiger partial charge in [-0.3, -0.25) is 4.79 Å². The Morgan fingerprint density at radius 3 is 2.88 bits per heavy atom. The van der Waals surface area contributed by atoms with Crippen molar-refractivity contribution in [3.63, 3.8) is 0 Å². The highest BCUT2D eigenvalue weighted by Gasteiger charge is 2.11. The quantitative estimate of drug-likeness (QED) is 0.695. The minimum Gasteiger partial charge on any atom is -0.467 e. The lowest BCUT2D eigenvalue weighted by molar-refractivity contribution is -0.118. The van der Waals surface area contributed by atoms with Gasteiger partial charge in [0.15, 0.2) is 6.61 Å². The maximum Gasteiger partial charge on any atom is 0.262 e. The van der Waals surface area contributed by atoms with Crippen LogP contribution < -0.4 is 10.1 Å². The summed E-state index contributed by atoms with van der Waals surface area (Å²) in [5, 5.41) is 3.70. The van der Waals surface area contributed by atoms with Crippen molar-refractivity contribution in [1.29, 1.82) is 0 Å². The van der Waals surface area contributed by atoms with Crippen LogP contribution in [-0.2, 0) is 11.2 Å². The predicted octanol–water partition coefficient (Wildman–Crippen LogP) is 4.28. The van der Waals surface area contributed by atoms with Crippen molar-refractivity contribution in [2.45, 2.75) is 20.3 Å². The number of nitrogens with one attached hydrogen (secondary N) is 1. The van der Waals surface area contributed by atoms with Crippen molar-refractivity contribution < 1.29 is 9.53 Å².